The molecule has 1 heterocycles. The van der Waals surface area contributed by atoms with Crippen LogP contribution in [0.3, 0.4) is 0 Å². The topological polar surface area (TPSA) is 134 Å². The Morgan fingerprint density at radius 3 is 2.58 bits per heavy atom. The highest BCUT2D eigenvalue weighted by molar-refractivity contribution is 5.71. The van der Waals surface area contributed by atoms with E-state index >= 15 is 0 Å². The largest absolute Gasteiger partial charge is 0.480 e. The van der Waals surface area contributed by atoms with Crippen LogP contribution in [0.2, 0.25) is 0 Å². The smallest absolute Gasteiger partial charge is 0.407 e. The molecular weight excluding hydrogens is 344 g/mol. The van der Waals surface area contributed by atoms with Crippen molar-refractivity contribution in [1.29, 1.82) is 0 Å². The number of aromatic amines is 1. The zero-order chi connectivity index (χ0) is 19.9. The summed E-state index contributed by atoms with van der Waals surface area (Å²) in [6.45, 7) is 6.12. The number of carbonyl (C=O) groups is 2. The van der Waals surface area contributed by atoms with Crippen LogP contribution in [-0.2, 0) is 9.53 Å². The van der Waals surface area contributed by atoms with Gasteiger partial charge in [0.05, 0.1) is 12.7 Å². The van der Waals surface area contributed by atoms with E-state index in [4.69, 9.17) is 9.84 Å². The molecule has 0 saturated heterocycles. The summed E-state index contributed by atoms with van der Waals surface area (Å²) in [5.41, 5.74) is -2.13. The molecule has 26 heavy (non-hydrogen) atoms. The van der Waals surface area contributed by atoms with Crippen molar-refractivity contribution in [2.24, 2.45) is 0 Å². The Morgan fingerprint density at radius 2 is 2.04 bits per heavy atom. The van der Waals surface area contributed by atoms with E-state index in [1.807, 2.05) is 0 Å². The molecule has 0 radical (unpaired) electrons. The molecule has 3 N–H and O–H groups in total. The standard InChI is InChI=1S/C16H22N4O6/c1-5-6-11-9-20(14(24)18-13(11)23)19(10-12(21)22)8-7-17-15(25)26-16(2,3)4/h9H,7-8,10H2,1-4H3,(H,17,25)(H,21,22)(H,18,23,24). The fourth-order valence-electron chi connectivity index (χ4n) is 1.92. The number of amides is 1. The number of rotatable bonds is 6. The summed E-state index contributed by atoms with van der Waals surface area (Å²) in [7, 11) is 0. The van der Waals surface area contributed by atoms with E-state index in [9.17, 15) is 19.2 Å². The zero-order valence-corrected chi connectivity index (χ0v) is 15.1. The summed E-state index contributed by atoms with van der Waals surface area (Å²) in [4.78, 5) is 48.5. The number of carboxylic acid groups (broad SMARTS) is 1. The maximum atomic E-state index is 12.0. The van der Waals surface area contributed by atoms with Gasteiger partial charge in [-0.05, 0) is 27.7 Å². The average Bonchev–Trinajstić information content (AvgIpc) is 2.47. The number of hydrogen-bond donors (Lipinski definition) is 3. The van der Waals surface area contributed by atoms with Crippen LogP contribution >= 0.6 is 0 Å². The highest BCUT2D eigenvalue weighted by Gasteiger charge is 2.17. The molecule has 0 spiro atoms. The number of nitrogens with zero attached hydrogens (tertiary/aromatic N) is 2. The molecular formula is C16H22N4O6. The van der Waals surface area contributed by atoms with Crippen molar-refractivity contribution in [3.8, 4) is 11.8 Å². The summed E-state index contributed by atoms with van der Waals surface area (Å²) in [6, 6.07) is 0. The van der Waals surface area contributed by atoms with Crippen LogP contribution in [-0.4, -0.2) is 52.1 Å². The van der Waals surface area contributed by atoms with Gasteiger partial charge in [-0.2, -0.15) is 0 Å². The molecule has 1 rings (SSSR count). The second kappa shape index (κ2) is 8.75. The highest BCUT2D eigenvalue weighted by atomic mass is 16.6. The monoisotopic (exact) mass is 366 g/mol. The molecule has 0 fully saturated rings. The first-order chi connectivity index (χ1) is 12.0. The Labute approximate surface area is 149 Å². The van der Waals surface area contributed by atoms with Crippen LogP contribution < -0.4 is 21.6 Å². The molecule has 0 bridgehead atoms. The summed E-state index contributed by atoms with van der Waals surface area (Å²) in [5.74, 6) is 3.88. The van der Waals surface area contributed by atoms with Gasteiger partial charge in [0.2, 0.25) is 0 Å². The van der Waals surface area contributed by atoms with Crippen molar-refractivity contribution in [1.82, 2.24) is 15.0 Å². The van der Waals surface area contributed by atoms with E-state index in [2.05, 4.69) is 22.1 Å². The first-order valence-corrected chi connectivity index (χ1v) is 7.76. The van der Waals surface area contributed by atoms with Crippen LogP contribution in [0.15, 0.2) is 15.8 Å². The van der Waals surface area contributed by atoms with E-state index < -0.39 is 35.5 Å². The molecule has 0 aliphatic heterocycles. The van der Waals surface area contributed by atoms with Crippen molar-refractivity contribution < 1.29 is 19.4 Å². The Hall–Kier alpha value is -3.22. The van der Waals surface area contributed by atoms with E-state index in [1.165, 1.54) is 6.92 Å². The van der Waals surface area contributed by atoms with Crippen LogP contribution in [0.5, 0.6) is 0 Å². The van der Waals surface area contributed by atoms with Crippen molar-refractivity contribution in [2.75, 3.05) is 24.6 Å². The van der Waals surface area contributed by atoms with Crippen molar-refractivity contribution in [3.05, 3.63) is 32.6 Å². The van der Waals surface area contributed by atoms with Crippen LogP contribution in [0.4, 0.5) is 4.79 Å². The van der Waals surface area contributed by atoms with Gasteiger partial charge in [0.1, 0.15) is 17.7 Å². The number of carboxylic acids is 1. The van der Waals surface area contributed by atoms with Gasteiger partial charge in [-0.3, -0.25) is 19.6 Å². The van der Waals surface area contributed by atoms with Gasteiger partial charge in [0.25, 0.3) is 5.56 Å². The number of hydrogen-bond acceptors (Lipinski definition) is 6. The summed E-state index contributed by atoms with van der Waals surface area (Å²) in [6.07, 6.45) is 0.493. The Kier molecular flexibility index (Phi) is 7.01. The lowest BCUT2D eigenvalue weighted by molar-refractivity contribution is -0.135. The van der Waals surface area contributed by atoms with Crippen LogP contribution in [0.25, 0.3) is 0 Å². The molecule has 0 aromatic carbocycles. The molecule has 0 aliphatic carbocycles. The third-order valence-corrected chi connectivity index (χ3v) is 2.84. The quantitative estimate of drug-likeness (QED) is 0.575. The number of H-pyrrole nitrogens is 1. The molecule has 1 aromatic heterocycles. The van der Waals surface area contributed by atoms with E-state index in [0.717, 1.165) is 15.9 Å². The zero-order valence-electron chi connectivity index (χ0n) is 15.1. The number of aromatic nitrogens is 2. The van der Waals surface area contributed by atoms with Gasteiger partial charge in [0, 0.05) is 6.54 Å². The minimum atomic E-state index is -1.19. The van der Waals surface area contributed by atoms with Gasteiger partial charge in [-0.25, -0.2) is 14.3 Å². The predicted octanol–water partition coefficient (Wildman–Crippen LogP) is -0.545. The van der Waals surface area contributed by atoms with E-state index in [1.54, 1.807) is 20.8 Å². The maximum Gasteiger partial charge on any atom is 0.407 e. The van der Waals surface area contributed by atoms with Crippen LogP contribution in [0, 0.1) is 11.8 Å². The summed E-state index contributed by atoms with van der Waals surface area (Å²) >= 11 is 0. The molecule has 0 aliphatic rings. The van der Waals surface area contributed by atoms with Crippen LogP contribution in [0.1, 0.15) is 33.3 Å². The maximum absolute atomic E-state index is 12.0. The third kappa shape index (κ3) is 6.72. The molecule has 10 nitrogen and oxygen atoms in total. The minimum absolute atomic E-state index is 0.0163. The summed E-state index contributed by atoms with van der Waals surface area (Å²) < 4.78 is 6.03. The normalized spacial score (nSPS) is 10.5. The molecule has 0 saturated carbocycles. The fraction of sp³-hybridized carbons (Fsp3) is 0.500. The molecule has 0 atom stereocenters. The van der Waals surface area contributed by atoms with Crippen molar-refractivity contribution >= 4 is 12.1 Å². The highest BCUT2D eigenvalue weighted by Crippen LogP contribution is 2.06. The lowest BCUT2D eigenvalue weighted by Gasteiger charge is -2.25. The Balaban J connectivity index is 2.97. The van der Waals surface area contributed by atoms with Crippen molar-refractivity contribution in [2.45, 2.75) is 33.3 Å². The lowest BCUT2D eigenvalue weighted by atomic mass is 10.2. The number of nitrogens with one attached hydrogen (secondary N) is 2. The third-order valence-electron chi connectivity index (χ3n) is 2.84. The second-order valence-corrected chi connectivity index (χ2v) is 6.23. The predicted molar refractivity (Wildman–Crippen MR) is 93.7 cm³/mol. The Bertz CT molecular complexity index is 837. The Morgan fingerprint density at radius 1 is 1.38 bits per heavy atom. The average molecular weight is 366 g/mol. The van der Waals surface area contributed by atoms with Gasteiger partial charge in [-0.15, -0.1) is 5.92 Å². The van der Waals surface area contributed by atoms with Gasteiger partial charge >= 0.3 is 17.8 Å². The minimum Gasteiger partial charge on any atom is -0.480 e. The van der Waals surface area contributed by atoms with Gasteiger partial charge in [0.15, 0.2) is 0 Å². The first-order valence-electron chi connectivity index (χ1n) is 7.76. The molecule has 10 heteroatoms. The van der Waals surface area contributed by atoms with Gasteiger partial charge in [-0.1, -0.05) is 5.92 Å². The molecule has 1 aromatic rings. The number of aliphatic carboxylic acids is 1. The SMILES string of the molecule is CC#Cc1cn(N(CCNC(=O)OC(C)(C)C)CC(=O)O)c(=O)[nH]c1=O. The van der Waals surface area contributed by atoms with Crippen molar-refractivity contribution in [3.63, 3.8) is 0 Å². The van der Waals surface area contributed by atoms with E-state index in [0.29, 0.717) is 0 Å². The lowest BCUT2D eigenvalue weighted by Crippen LogP contribution is -2.50. The molecule has 0 unspecified atom stereocenters. The summed E-state index contributed by atoms with van der Waals surface area (Å²) in [5, 5.41) is 12.7. The molecule has 1 amide bonds. The molecule has 142 valence electrons. The number of alkyl carbamates (subject to hydrolysis) is 1. The first kappa shape index (κ1) is 20.8. The fourth-order valence-corrected chi connectivity index (χ4v) is 1.92. The van der Waals surface area contributed by atoms with E-state index in [-0.39, 0.29) is 18.7 Å². The second-order valence-electron chi connectivity index (χ2n) is 6.23. The number of carbonyl (C=O) groups excluding carboxylic acids is 1. The number of ether oxygens (including phenoxy) is 1. The van der Waals surface area contributed by atoms with Gasteiger partial charge < -0.3 is 15.2 Å².